The van der Waals surface area contributed by atoms with Gasteiger partial charge in [0.15, 0.2) is 5.76 Å². The molecule has 0 aromatic heterocycles. The van der Waals surface area contributed by atoms with Gasteiger partial charge in [0, 0.05) is 0 Å². The van der Waals surface area contributed by atoms with E-state index in [2.05, 4.69) is 0 Å². The number of ether oxygens (including phenoxy) is 1. The number of allylic oxidation sites excluding steroid dienone is 3. The maximum atomic E-state index is 8.21. The quantitative estimate of drug-likeness (QED) is 0.462. The monoisotopic (exact) mass is 107 g/mol. The highest BCUT2D eigenvalue weighted by molar-refractivity contribution is 5.22. The Morgan fingerprint density at radius 2 is 2.62 bits per heavy atom. The molecule has 8 heavy (non-hydrogen) atoms. The molecule has 0 unspecified atom stereocenters. The van der Waals surface area contributed by atoms with Crippen LogP contribution >= 0.6 is 0 Å². The third kappa shape index (κ3) is 0.881. The average molecular weight is 107 g/mol. The molecule has 0 aromatic carbocycles. The van der Waals surface area contributed by atoms with E-state index in [4.69, 9.17) is 10.00 Å². The number of hydrogen-bond donors (Lipinski definition) is 0. The summed E-state index contributed by atoms with van der Waals surface area (Å²) in [5, 5.41) is 8.21. The van der Waals surface area contributed by atoms with Gasteiger partial charge in [0.05, 0.1) is 0 Å². The third-order valence-electron chi connectivity index (χ3n) is 0.829. The van der Waals surface area contributed by atoms with Gasteiger partial charge in [-0.2, -0.15) is 5.26 Å². The standard InChI is InChI=1S/C6H5NO/c7-5-6-3-1-2-4-8-6/h1-3H,4H2. The molecule has 0 fully saturated rings. The van der Waals surface area contributed by atoms with Crippen LogP contribution in [0.15, 0.2) is 24.0 Å². The van der Waals surface area contributed by atoms with E-state index in [9.17, 15) is 0 Å². The van der Waals surface area contributed by atoms with E-state index >= 15 is 0 Å². The van der Waals surface area contributed by atoms with Crippen molar-refractivity contribution in [1.29, 1.82) is 5.26 Å². The number of nitriles is 1. The fraction of sp³-hybridized carbons (Fsp3) is 0.167. The van der Waals surface area contributed by atoms with Crippen LogP contribution < -0.4 is 0 Å². The van der Waals surface area contributed by atoms with Crippen LogP contribution in [-0.4, -0.2) is 6.61 Å². The van der Waals surface area contributed by atoms with E-state index in [0.717, 1.165) is 0 Å². The summed E-state index contributed by atoms with van der Waals surface area (Å²) in [5.41, 5.74) is 0. The fourth-order valence-electron chi connectivity index (χ4n) is 0.467. The Morgan fingerprint density at radius 1 is 1.75 bits per heavy atom. The molecule has 1 rings (SSSR count). The highest BCUT2D eigenvalue weighted by Crippen LogP contribution is 2.00. The zero-order valence-electron chi connectivity index (χ0n) is 4.29. The van der Waals surface area contributed by atoms with Gasteiger partial charge in [0.1, 0.15) is 12.7 Å². The highest BCUT2D eigenvalue weighted by Gasteiger charge is 1.93. The molecule has 2 nitrogen and oxygen atoms in total. The van der Waals surface area contributed by atoms with Gasteiger partial charge in [-0.3, -0.25) is 0 Å². The first-order chi connectivity index (χ1) is 3.93. The van der Waals surface area contributed by atoms with Crippen LogP contribution in [0.25, 0.3) is 0 Å². The highest BCUT2D eigenvalue weighted by atomic mass is 16.5. The zero-order valence-corrected chi connectivity index (χ0v) is 4.29. The van der Waals surface area contributed by atoms with E-state index < -0.39 is 0 Å². The SMILES string of the molecule is N#CC1=CC=CCO1. The van der Waals surface area contributed by atoms with Crippen molar-refractivity contribution in [1.82, 2.24) is 0 Å². The summed E-state index contributed by atoms with van der Waals surface area (Å²) < 4.78 is 4.84. The summed E-state index contributed by atoms with van der Waals surface area (Å²) in [5.74, 6) is 0.396. The van der Waals surface area contributed by atoms with Crippen LogP contribution in [0.4, 0.5) is 0 Å². The van der Waals surface area contributed by atoms with Gasteiger partial charge in [-0.25, -0.2) is 0 Å². The number of hydrogen-bond acceptors (Lipinski definition) is 2. The Bertz CT molecular complexity index is 173. The van der Waals surface area contributed by atoms with Crippen LogP contribution in [-0.2, 0) is 4.74 Å². The van der Waals surface area contributed by atoms with Gasteiger partial charge in [-0.15, -0.1) is 0 Å². The summed E-state index contributed by atoms with van der Waals surface area (Å²) in [7, 11) is 0. The van der Waals surface area contributed by atoms with E-state index in [0.29, 0.717) is 12.4 Å². The third-order valence-corrected chi connectivity index (χ3v) is 0.829. The minimum Gasteiger partial charge on any atom is -0.479 e. The Kier molecular flexibility index (Phi) is 1.34. The molecule has 0 saturated carbocycles. The molecule has 40 valence electrons. The van der Waals surface area contributed by atoms with Gasteiger partial charge in [-0.05, 0) is 12.2 Å². The van der Waals surface area contributed by atoms with Crippen LogP contribution in [0.5, 0.6) is 0 Å². The van der Waals surface area contributed by atoms with Gasteiger partial charge in [0.25, 0.3) is 0 Å². The van der Waals surface area contributed by atoms with E-state index in [1.54, 1.807) is 6.08 Å². The summed E-state index contributed by atoms with van der Waals surface area (Å²) in [4.78, 5) is 0. The summed E-state index contributed by atoms with van der Waals surface area (Å²) in [6, 6.07) is 1.89. The van der Waals surface area contributed by atoms with Crippen molar-refractivity contribution in [3.8, 4) is 6.07 Å². The molecular formula is C6H5NO. The minimum absolute atomic E-state index is 0.396. The second-order valence-electron chi connectivity index (χ2n) is 1.38. The maximum Gasteiger partial charge on any atom is 0.197 e. The van der Waals surface area contributed by atoms with E-state index in [-0.39, 0.29) is 0 Å². The Labute approximate surface area is 47.7 Å². The molecule has 0 spiro atoms. The fourth-order valence-corrected chi connectivity index (χ4v) is 0.467. The second kappa shape index (κ2) is 2.17. The molecule has 0 saturated heterocycles. The molecule has 0 radical (unpaired) electrons. The van der Waals surface area contributed by atoms with Crippen LogP contribution in [0.2, 0.25) is 0 Å². The van der Waals surface area contributed by atoms with E-state index in [1.165, 1.54) is 0 Å². The Balaban J connectivity index is 2.67. The molecular weight excluding hydrogens is 102 g/mol. The lowest BCUT2D eigenvalue weighted by atomic mass is 10.4. The molecule has 1 aliphatic rings. The first-order valence-corrected chi connectivity index (χ1v) is 2.33. The largest absolute Gasteiger partial charge is 0.479 e. The molecule has 0 N–H and O–H groups in total. The minimum atomic E-state index is 0.396. The maximum absolute atomic E-state index is 8.21. The predicted molar refractivity (Wildman–Crippen MR) is 28.8 cm³/mol. The average Bonchev–Trinajstić information content (AvgIpc) is 1.90. The predicted octanol–water partition coefficient (Wildman–Crippen LogP) is 0.980. The van der Waals surface area contributed by atoms with Crippen LogP contribution in [0.1, 0.15) is 0 Å². The lowest BCUT2D eigenvalue weighted by Gasteiger charge is -2.01. The van der Waals surface area contributed by atoms with Gasteiger partial charge in [0.2, 0.25) is 0 Å². The molecule has 0 atom stereocenters. The van der Waals surface area contributed by atoms with Crippen molar-refractivity contribution < 1.29 is 4.74 Å². The van der Waals surface area contributed by atoms with Gasteiger partial charge >= 0.3 is 0 Å². The molecule has 1 heterocycles. The Hall–Kier alpha value is -1.23. The lowest BCUT2D eigenvalue weighted by molar-refractivity contribution is 0.260. The summed E-state index contributed by atoms with van der Waals surface area (Å²) in [6.45, 7) is 0.527. The molecule has 0 amide bonds. The Morgan fingerprint density at radius 3 is 3.00 bits per heavy atom. The van der Waals surface area contributed by atoms with Gasteiger partial charge < -0.3 is 4.74 Å². The topological polar surface area (TPSA) is 33.0 Å². The smallest absolute Gasteiger partial charge is 0.197 e. The van der Waals surface area contributed by atoms with Crippen molar-refractivity contribution in [2.75, 3.05) is 6.61 Å². The molecule has 0 aliphatic carbocycles. The summed E-state index contributed by atoms with van der Waals surface area (Å²) in [6.07, 6.45) is 5.30. The van der Waals surface area contributed by atoms with Crippen molar-refractivity contribution in [3.05, 3.63) is 24.0 Å². The number of nitrogens with zero attached hydrogens (tertiary/aromatic N) is 1. The molecule has 0 aromatic rings. The first-order valence-electron chi connectivity index (χ1n) is 2.33. The van der Waals surface area contributed by atoms with Crippen molar-refractivity contribution in [2.45, 2.75) is 0 Å². The molecule has 0 bridgehead atoms. The van der Waals surface area contributed by atoms with Crippen LogP contribution in [0, 0.1) is 11.3 Å². The van der Waals surface area contributed by atoms with Gasteiger partial charge in [-0.1, -0.05) is 6.08 Å². The van der Waals surface area contributed by atoms with Crippen molar-refractivity contribution in [2.24, 2.45) is 0 Å². The normalized spacial score (nSPS) is 16.1. The van der Waals surface area contributed by atoms with E-state index in [1.807, 2.05) is 18.2 Å². The number of rotatable bonds is 0. The van der Waals surface area contributed by atoms with Crippen LogP contribution in [0.3, 0.4) is 0 Å². The molecule has 1 aliphatic heterocycles. The summed E-state index contributed by atoms with van der Waals surface area (Å²) >= 11 is 0. The van der Waals surface area contributed by atoms with Crippen molar-refractivity contribution >= 4 is 0 Å². The zero-order chi connectivity index (χ0) is 5.82. The molecule has 2 heteroatoms. The lowest BCUT2D eigenvalue weighted by Crippen LogP contribution is -1.92. The van der Waals surface area contributed by atoms with Crippen molar-refractivity contribution in [3.63, 3.8) is 0 Å². The second-order valence-corrected chi connectivity index (χ2v) is 1.38. The first kappa shape index (κ1) is 4.92.